The zero-order valence-electron chi connectivity index (χ0n) is 16.1. The topological polar surface area (TPSA) is 133 Å². The van der Waals surface area contributed by atoms with Crippen molar-refractivity contribution in [1.82, 2.24) is 0 Å². The third-order valence-corrected chi connectivity index (χ3v) is 5.36. The van der Waals surface area contributed by atoms with Crippen LogP contribution in [0, 0.1) is 0 Å². The second-order valence-corrected chi connectivity index (χ2v) is 8.37. The molecule has 0 aliphatic carbocycles. The van der Waals surface area contributed by atoms with Gasteiger partial charge in [-0.1, -0.05) is 53.5 Å². The molecule has 0 radical (unpaired) electrons. The molecule has 3 aromatic carbocycles. The molecule has 0 heterocycles. The Labute approximate surface area is 193 Å². The Balaban J connectivity index is 1.93. The van der Waals surface area contributed by atoms with Gasteiger partial charge in [0.25, 0.3) is 21.9 Å². The molecule has 0 aliphatic heterocycles. The Morgan fingerprint density at radius 2 is 1.59 bits per heavy atom. The minimum atomic E-state index is -4.47. The van der Waals surface area contributed by atoms with Gasteiger partial charge < -0.3 is 5.32 Å². The summed E-state index contributed by atoms with van der Waals surface area (Å²) in [7, 11) is -4.47. The molecule has 3 aromatic rings. The predicted octanol–water partition coefficient (Wildman–Crippen LogP) is 5.39. The fourth-order valence-electron chi connectivity index (χ4n) is 2.32. The number of carbonyl (C=O) groups is 1. The van der Waals surface area contributed by atoms with Gasteiger partial charge in [-0.05, 0) is 42.5 Å². The molecule has 164 valence electrons. The number of halogens is 2. The van der Waals surface area contributed by atoms with Crippen molar-refractivity contribution in [2.24, 2.45) is 15.3 Å². The highest BCUT2D eigenvalue weighted by molar-refractivity contribution is 7.85. The van der Waals surface area contributed by atoms with Gasteiger partial charge in [0.1, 0.15) is 5.69 Å². The minimum Gasteiger partial charge on any atom is -0.319 e. The lowest BCUT2D eigenvalue weighted by Gasteiger charge is -2.07. The molecule has 0 unspecified atom stereocenters. The van der Waals surface area contributed by atoms with Gasteiger partial charge in [-0.15, -0.1) is 15.3 Å². The van der Waals surface area contributed by atoms with E-state index in [9.17, 15) is 17.8 Å². The summed E-state index contributed by atoms with van der Waals surface area (Å²) in [6, 6.07) is 18.6. The van der Waals surface area contributed by atoms with Crippen LogP contribution in [0.4, 0.5) is 17.1 Å². The van der Waals surface area contributed by atoms with E-state index in [1.54, 1.807) is 54.6 Å². The lowest BCUT2D eigenvalue weighted by molar-refractivity contribution is -0.110. The summed E-state index contributed by atoms with van der Waals surface area (Å²) in [5.74, 6) is -1.11. The van der Waals surface area contributed by atoms with Crippen molar-refractivity contribution < 1.29 is 17.8 Å². The van der Waals surface area contributed by atoms with E-state index in [0.717, 1.165) is 12.1 Å². The zero-order chi connectivity index (χ0) is 23.1. The van der Waals surface area contributed by atoms with Gasteiger partial charge in [-0.2, -0.15) is 8.42 Å². The van der Waals surface area contributed by atoms with Gasteiger partial charge >= 0.3 is 0 Å². The number of benzene rings is 3. The minimum absolute atomic E-state index is 0.0137. The number of hydrogen-bond donors (Lipinski definition) is 3. The Kier molecular flexibility index (Phi) is 7.54. The van der Waals surface area contributed by atoms with E-state index in [-0.39, 0.29) is 10.7 Å². The van der Waals surface area contributed by atoms with Crippen molar-refractivity contribution in [3.63, 3.8) is 0 Å². The van der Waals surface area contributed by atoms with Crippen LogP contribution in [0.2, 0.25) is 10.0 Å². The third-order valence-electron chi connectivity index (χ3n) is 3.86. The zero-order valence-corrected chi connectivity index (χ0v) is 18.4. The van der Waals surface area contributed by atoms with Crippen LogP contribution in [0.3, 0.4) is 0 Å². The number of hydrogen-bond acceptors (Lipinski definition) is 6. The number of carbonyl (C=O) groups excluding carboxylic acids is 1. The number of azo groups is 1. The van der Waals surface area contributed by atoms with E-state index in [0.29, 0.717) is 16.4 Å². The fraction of sp³-hybridized carbons (Fsp3) is 0. The summed E-state index contributed by atoms with van der Waals surface area (Å²) in [6.07, 6.45) is 0. The average molecular weight is 492 g/mol. The van der Waals surface area contributed by atoms with E-state index >= 15 is 0 Å². The van der Waals surface area contributed by atoms with Gasteiger partial charge in [-0.25, -0.2) is 0 Å². The number of nitrogens with zero attached hydrogens (tertiary/aromatic N) is 3. The van der Waals surface area contributed by atoms with Gasteiger partial charge in [-0.3, -0.25) is 14.8 Å². The first-order valence-corrected chi connectivity index (χ1v) is 11.1. The summed E-state index contributed by atoms with van der Waals surface area (Å²) in [4.78, 5) is 12.3. The Morgan fingerprint density at radius 3 is 2.28 bits per heavy atom. The Bertz CT molecular complexity index is 1300. The van der Waals surface area contributed by atoms with Crippen molar-refractivity contribution in [2.75, 3.05) is 10.7 Å². The molecule has 0 fully saturated rings. The first-order chi connectivity index (χ1) is 15.2. The molecule has 0 aromatic heterocycles. The molecular formula is C20H15Cl2N5O4S. The molecular weight excluding hydrogens is 477 g/mol. The largest absolute Gasteiger partial charge is 0.319 e. The first-order valence-electron chi connectivity index (χ1n) is 8.87. The van der Waals surface area contributed by atoms with E-state index < -0.39 is 26.8 Å². The summed E-state index contributed by atoms with van der Waals surface area (Å²) >= 11 is 12.1. The average Bonchev–Trinajstić information content (AvgIpc) is 2.75. The van der Waals surface area contributed by atoms with E-state index in [1.165, 1.54) is 6.07 Å². The highest BCUT2D eigenvalue weighted by Gasteiger charge is 2.15. The number of anilines is 2. The van der Waals surface area contributed by atoms with Crippen LogP contribution in [-0.2, 0) is 14.9 Å². The third kappa shape index (κ3) is 6.34. The van der Waals surface area contributed by atoms with E-state index in [2.05, 4.69) is 26.1 Å². The van der Waals surface area contributed by atoms with Crippen molar-refractivity contribution in [2.45, 2.75) is 4.90 Å². The SMILES string of the molecule is O=C(Nc1ccccc1)/C(N=Nc1ccccc1Cl)=N/Nc1cc(S(=O)(=O)O)ccc1Cl. The second kappa shape index (κ2) is 10.3. The number of nitrogens with one attached hydrogen (secondary N) is 2. The number of para-hydroxylation sites is 1. The number of hydrazone groups is 1. The van der Waals surface area contributed by atoms with Crippen LogP contribution in [0.1, 0.15) is 0 Å². The predicted molar refractivity (Wildman–Crippen MR) is 123 cm³/mol. The molecule has 0 saturated heterocycles. The number of amides is 1. The molecule has 0 spiro atoms. The maximum atomic E-state index is 12.7. The van der Waals surface area contributed by atoms with E-state index in [4.69, 9.17) is 23.2 Å². The molecule has 9 nitrogen and oxygen atoms in total. The smallest absolute Gasteiger partial charge is 0.297 e. The Hall–Kier alpha value is -3.31. The quantitative estimate of drug-likeness (QED) is 0.144. The highest BCUT2D eigenvalue weighted by atomic mass is 35.5. The lowest BCUT2D eigenvalue weighted by Crippen LogP contribution is -2.22. The van der Waals surface area contributed by atoms with Gasteiger partial charge in [0.15, 0.2) is 0 Å². The van der Waals surface area contributed by atoms with Crippen LogP contribution in [0.5, 0.6) is 0 Å². The van der Waals surface area contributed by atoms with Crippen molar-refractivity contribution in [3.05, 3.63) is 82.8 Å². The standard InChI is InChI=1S/C20H15Cl2N5O4S/c21-15-8-4-5-9-17(15)24-26-19(20(28)23-13-6-2-1-3-7-13)27-25-18-12-14(32(29,30)31)10-11-16(18)22/h1-12,25H,(H,23,28)(H,29,30,31)/b26-24?,27-19-. The van der Waals surface area contributed by atoms with Crippen molar-refractivity contribution in [3.8, 4) is 0 Å². The molecule has 1 amide bonds. The van der Waals surface area contributed by atoms with Gasteiger partial charge in [0.05, 0.1) is 20.6 Å². The van der Waals surface area contributed by atoms with Crippen LogP contribution >= 0.6 is 23.2 Å². The van der Waals surface area contributed by atoms with Crippen LogP contribution in [0.25, 0.3) is 0 Å². The van der Waals surface area contributed by atoms with Gasteiger partial charge in [0.2, 0.25) is 0 Å². The van der Waals surface area contributed by atoms with Crippen LogP contribution in [0.15, 0.2) is 93.0 Å². The fourth-order valence-corrected chi connectivity index (χ4v) is 3.16. The Morgan fingerprint density at radius 1 is 0.906 bits per heavy atom. The van der Waals surface area contributed by atoms with Crippen LogP contribution in [-0.4, -0.2) is 24.7 Å². The first kappa shape index (κ1) is 23.4. The van der Waals surface area contributed by atoms with Crippen LogP contribution < -0.4 is 10.7 Å². The molecule has 0 atom stereocenters. The van der Waals surface area contributed by atoms with Crippen molar-refractivity contribution in [1.29, 1.82) is 0 Å². The molecule has 3 N–H and O–H groups in total. The maximum Gasteiger partial charge on any atom is 0.297 e. The normalized spacial score (nSPS) is 12.0. The number of amidine groups is 1. The molecule has 12 heteroatoms. The summed E-state index contributed by atoms with van der Waals surface area (Å²) < 4.78 is 32.0. The molecule has 0 aliphatic rings. The second-order valence-electron chi connectivity index (χ2n) is 6.14. The summed E-state index contributed by atoms with van der Waals surface area (Å²) in [5, 5.41) is 14.8. The maximum absolute atomic E-state index is 12.7. The number of rotatable bonds is 5. The van der Waals surface area contributed by atoms with Crippen molar-refractivity contribution >= 4 is 62.1 Å². The molecule has 0 saturated carbocycles. The molecule has 32 heavy (non-hydrogen) atoms. The lowest BCUT2D eigenvalue weighted by atomic mass is 10.3. The highest BCUT2D eigenvalue weighted by Crippen LogP contribution is 2.26. The summed E-state index contributed by atoms with van der Waals surface area (Å²) in [6.45, 7) is 0. The molecule has 0 bridgehead atoms. The monoisotopic (exact) mass is 491 g/mol. The van der Waals surface area contributed by atoms with Gasteiger partial charge in [0, 0.05) is 5.69 Å². The van der Waals surface area contributed by atoms with E-state index in [1.807, 2.05) is 0 Å². The molecule has 3 rings (SSSR count). The summed E-state index contributed by atoms with van der Waals surface area (Å²) in [5.41, 5.74) is 3.29.